The number of rotatable bonds is 15. The van der Waals surface area contributed by atoms with E-state index >= 15 is 0 Å². The van der Waals surface area contributed by atoms with E-state index in [1.54, 1.807) is 113 Å². The average Bonchev–Trinajstić information content (AvgIpc) is 4.15. The van der Waals surface area contributed by atoms with Gasteiger partial charge in [0, 0.05) is 49.5 Å². The molecule has 1 atom stereocenters. The highest BCUT2D eigenvalue weighted by atomic mass is 32.3. The molecule has 0 amide bonds. The first kappa shape index (κ1) is 52.2. The van der Waals surface area contributed by atoms with E-state index in [0.29, 0.717) is 45.6 Å². The number of nitriles is 2. The number of hydrogen-bond acceptors (Lipinski definition) is 20. The molecule has 68 heavy (non-hydrogen) atoms. The average molecular weight is 1150 g/mol. The molecular weight excluding hydrogens is 1120 g/mol. The second kappa shape index (κ2) is 25.5. The Kier molecular flexibility index (Phi) is 19.6. The van der Waals surface area contributed by atoms with Gasteiger partial charge in [0.2, 0.25) is 20.5 Å². The Morgan fingerprint density at radius 3 is 1.29 bits per heavy atom. The van der Waals surface area contributed by atoms with Gasteiger partial charge in [0.1, 0.15) is 0 Å². The zero-order chi connectivity index (χ0) is 47.6. The minimum absolute atomic E-state index is 0.137. The second-order valence-corrected chi connectivity index (χ2v) is 31.2. The molecule has 0 aliphatic carbocycles. The van der Waals surface area contributed by atoms with E-state index in [9.17, 15) is 24.4 Å². The van der Waals surface area contributed by atoms with Crippen LogP contribution in [0.5, 0.6) is 0 Å². The normalized spacial score (nSPS) is 17.6. The van der Waals surface area contributed by atoms with Crippen LogP contribution in [0.3, 0.4) is 0 Å². The Morgan fingerprint density at radius 2 is 0.853 bits per heavy atom. The summed E-state index contributed by atoms with van der Waals surface area (Å²) in [4.78, 5) is 57.6. The number of benzene rings is 4. The number of nitrogens with zero attached hydrogens (tertiary/aromatic N) is 2. The third kappa shape index (κ3) is 13.7. The highest BCUT2D eigenvalue weighted by Crippen LogP contribution is 2.67. The van der Waals surface area contributed by atoms with Crippen molar-refractivity contribution in [3.63, 3.8) is 0 Å². The van der Waals surface area contributed by atoms with Gasteiger partial charge in [-0.25, -0.2) is 0 Å². The maximum atomic E-state index is 14.4. The lowest BCUT2D eigenvalue weighted by molar-refractivity contribution is 0.108. The molecule has 4 aliphatic rings. The monoisotopic (exact) mass is 1150 g/mol. The van der Waals surface area contributed by atoms with Crippen molar-refractivity contribution in [3.8, 4) is 12.1 Å². The van der Waals surface area contributed by atoms with Gasteiger partial charge in [0.15, 0.2) is 0 Å². The maximum Gasteiger partial charge on any atom is 0.224 e. The Hall–Kier alpha value is -2.12. The minimum Gasteiger partial charge on any atom is -0.281 e. The van der Waals surface area contributed by atoms with Gasteiger partial charge in [-0.15, -0.1) is 23.5 Å². The Balaban J connectivity index is 1.01. The number of carbonyl (C=O) groups excluding carboxylic acids is 4. The molecule has 0 spiro atoms. The highest BCUT2D eigenvalue weighted by Gasteiger charge is 2.35. The standard InChI is InChI=1S/C48H32N2O4S14/c1-27-39(55-25-13-23-49)63-41(56-27)42-57-28(2)40(64-42)58-34(22-24-50)32-20-12-21-33(26-32)38(54)62-46-45(61-37(53)31-18-10-5-11-19-31)67-48(68-46)47-65-43(59-35(51)29-14-6-3-7-15-29)44(66-47)60-36(52)30-16-8-4-9-17-30/h3-12,14-21,26,34H,13,22,25H2,1-2H3/b42-41-. The van der Waals surface area contributed by atoms with Gasteiger partial charge in [-0.05, 0) is 72.5 Å². The number of carbonyl (C=O) groups is 4. The zero-order valence-electron chi connectivity index (χ0n) is 35.4. The molecule has 0 fully saturated rings. The lowest BCUT2D eigenvalue weighted by Crippen LogP contribution is -1.99. The van der Waals surface area contributed by atoms with Crippen LogP contribution < -0.4 is 0 Å². The van der Waals surface area contributed by atoms with Crippen LogP contribution in [0.1, 0.15) is 78.9 Å². The summed E-state index contributed by atoms with van der Waals surface area (Å²) in [6.07, 6.45) is 0.765. The van der Waals surface area contributed by atoms with E-state index in [2.05, 4.69) is 26.0 Å². The molecule has 6 nitrogen and oxygen atoms in total. The second-order valence-electron chi connectivity index (χ2n) is 13.8. The maximum absolute atomic E-state index is 14.4. The van der Waals surface area contributed by atoms with Gasteiger partial charge in [-0.1, -0.05) is 203 Å². The molecule has 0 N–H and O–H groups in total. The molecule has 0 bridgehead atoms. The van der Waals surface area contributed by atoms with Crippen molar-refractivity contribution < 1.29 is 19.2 Å². The van der Waals surface area contributed by atoms with Crippen LogP contribution in [0.25, 0.3) is 0 Å². The summed E-state index contributed by atoms with van der Waals surface area (Å²) < 4.78 is 9.29. The highest BCUT2D eigenvalue weighted by molar-refractivity contribution is 8.48. The third-order valence-electron chi connectivity index (χ3n) is 9.08. The van der Waals surface area contributed by atoms with Crippen molar-refractivity contribution in [3.05, 3.63) is 195 Å². The van der Waals surface area contributed by atoms with Crippen molar-refractivity contribution in [2.75, 3.05) is 5.75 Å². The predicted octanol–water partition coefficient (Wildman–Crippen LogP) is 18.4. The molecule has 4 aromatic rings. The molecule has 8 rings (SSSR count). The Bertz CT molecular complexity index is 2890. The quantitative estimate of drug-likeness (QED) is 0.105. The molecule has 0 saturated carbocycles. The van der Waals surface area contributed by atoms with Crippen molar-refractivity contribution >= 4 is 185 Å². The summed E-state index contributed by atoms with van der Waals surface area (Å²) in [5.74, 6) is 0.770. The zero-order valence-corrected chi connectivity index (χ0v) is 46.8. The Labute approximate surface area is 454 Å². The van der Waals surface area contributed by atoms with E-state index in [1.165, 1.54) is 69.6 Å². The van der Waals surface area contributed by atoms with Crippen LogP contribution in [-0.4, -0.2) is 26.2 Å². The summed E-state index contributed by atoms with van der Waals surface area (Å²) in [5, 5.41) is 18.2. The van der Waals surface area contributed by atoms with Crippen LogP contribution in [0.4, 0.5) is 0 Å². The van der Waals surface area contributed by atoms with E-state index in [1.807, 2.05) is 72.8 Å². The lowest BCUT2D eigenvalue weighted by atomic mass is 10.1. The first-order valence-corrected chi connectivity index (χ1v) is 31.7. The molecule has 4 aromatic carbocycles. The molecule has 20 heteroatoms. The first-order chi connectivity index (χ1) is 33.1. The van der Waals surface area contributed by atoms with Crippen molar-refractivity contribution in [1.29, 1.82) is 10.5 Å². The summed E-state index contributed by atoms with van der Waals surface area (Å²) in [6.45, 7) is 4.24. The van der Waals surface area contributed by atoms with Gasteiger partial charge >= 0.3 is 0 Å². The van der Waals surface area contributed by atoms with Gasteiger partial charge in [-0.2, -0.15) is 10.5 Å². The third-order valence-corrected chi connectivity index (χ3v) is 28.9. The summed E-state index contributed by atoms with van der Waals surface area (Å²) in [7, 11) is 0. The molecule has 4 aliphatic heterocycles. The van der Waals surface area contributed by atoms with Crippen LogP contribution in [-0.2, 0) is 0 Å². The van der Waals surface area contributed by atoms with Crippen molar-refractivity contribution in [2.45, 2.75) is 31.9 Å². The fourth-order valence-corrected chi connectivity index (χ4v) is 25.4. The van der Waals surface area contributed by atoms with E-state index in [-0.39, 0.29) is 32.1 Å². The number of thioether (sulfide) groups is 14. The molecule has 0 saturated heterocycles. The summed E-state index contributed by atoms with van der Waals surface area (Å²) >= 11 is 20.5. The summed E-state index contributed by atoms with van der Waals surface area (Å²) in [5.41, 5.74) is 3.01. The van der Waals surface area contributed by atoms with E-state index in [0.717, 1.165) is 71.1 Å². The van der Waals surface area contributed by atoms with Crippen LogP contribution >= 0.6 is 165 Å². The van der Waals surface area contributed by atoms with E-state index in [4.69, 9.17) is 5.26 Å². The number of hydrogen-bond donors (Lipinski definition) is 0. The van der Waals surface area contributed by atoms with Crippen molar-refractivity contribution in [1.82, 2.24) is 0 Å². The van der Waals surface area contributed by atoms with Crippen LogP contribution in [0.2, 0.25) is 0 Å². The smallest absolute Gasteiger partial charge is 0.224 e. The SMILES string of the molecule is CC1=C(SCCC#N)S/C(=C2/SC(C)=C(SC(CC#N)c3cccc(C(=O)SC4=C(SC(=O)c5ccccc5)SC(=C5SC(SC(=O)c6ccccc6)=C(SC(=O)c6ccccc6)S5)S4)c3)S2)S1. The van der Waals surface area contributed by atoms with Gasteiger partial charge in [0.05, 0.1) is 60.9 Å². The van der Waals surface area contributed by atoms with Crippen LogP contribution in [0, 0.1) is 22.7 Å². The molecule has 342 valence electrons. The molecule has 0 radical (unpaired) electrons. The molecule has 1 unspecified atom stereocenters. The molecule has 4 heterocycles. The largest absolute Gasteiger partial charge is 0.281 e. The molecular formula is C48H32N2O4S14. The topological polar surface area (TPSA) is 116 Å². The van der Waals surface area contributed by atoms with Crippen LogP contribution in [0.15, 0.2) is 167 Å². The van der Waals surface area contributed by atoms with Gasteiger partial charge in [0.25, 0.3) is 0 Å². The fourth-order valence-electron chi connectivity index (χ4n) is 5.87. The van der Waals surface area contributed by atoms with Crippen molar-refractivity contribution in [2.24, 2.45) is 0 Å². The first-order valence-electron chi connectivity index (χ1n) is 20.1. The fraction of sp³-hybridized carbons (Fsp3) is 0.125. The lowest BCUT2D eigenvalue weighted by Gasteiger charge is -2.15. The van der Waals surface area contributed by atoms with Gasteiger partial charge < -0.3 is 0 Å². The minimum atomic E-state index is -0.215. The summed E-state index contributed by atoms with van der Waals surface area (Å²) in [6, 6.07) is 39.2. The van der Waals surface area contributed by atoms with Gasteiger partial charge in [-0.3, -0.25) is 19.2 Å². The van der Waals surface area contributed by atoms with E-state index < -0.39 is 0 Å². The predicted molar refractivity (Wildman–Crippen MR) is 311 cm³/mol. The Morgan fingerprint density at radius 1 is 0.471 bits per heavy atom. The number of allylic oxidation sites excluding steroid dienone is 2. The molecule has 0 aromatic heterocycles.